The Morgan fingerprint density at radius 2 is 1.52 bits per heavy atom. The van der Waals surface area contributed by atoms with Gasteiger partial charge in [0.1, 0.15) is 0 Å². The highest BCUT2D eigenvalue weighted by Crippen LogP contribution is 2.74. The third-order valence-corrected chi connectivity index (χ3v) is 12.6. The van der Waals surface area contributed by atoms with Gasteiger partial charge in [0, 0.05) is 0 Å². The van der Waals surface area contributed by atoms with Crippen molar-refractivity contribution >= 4 is 5.97 Å². The van der Waals surface area contributed by atoms with E-state index in [0.29, 0.717) is 23.2 Å². The summed E-state index contributed by atoms with van der Waals surface area (Å²) in [6.45, 7) is 16.7. The molecule has 0 bridgehead atoms. The van der Waals surface area contributed by atoms with Crippen LogP contribution in [-0.2, 0) is 4.79 Å². The maximum Gasteiger partial charge on any atom is 0.312 e. The summed E-state index contributed by atoms with van der Waals surface area (Å²) in [6, 6.07) is 0. The van der Waals surface area contributed by atoms with Gasteiger partial charge in [0.05, 0.1) is 11.5 Å². The highest BCUT2D eigenvalue weighted by molar-refractivity contribution is 5.76. The molecule has 0 aromatic rings. The van der Waals surface area contributed by atoms with E-state index in [9.17, 15) is 15.0 Å². The van der Waals surface area contributed by atoms with E-state index < -0.39 is 17.5 Å². The van der Waals surface area contributed by atoms with Gasteiger partial charge in [-0.15, -0.1) is 0 Å². The first-order chi connectivity index (χ1) is 15.1. The molecule has 0 amide bonds. The van der Waals surface area contributed by atoms with Crippen LogP contribution >= 0.6 is 0 Å². The minimum absolute atomic E-state index is 0.0217. The van der Waals surface area contributed by atoms with Gasteiger partial charge in [-0.1, -0.05) is 64.8 Å². The van der Waals surface area contributed by atoms with E-state index in [0.717, 1.165) is 19.3 Å². The lowest BCUT2D eigenvalue weighted by atomic mass is 9.36. The lowest BCUT2D eigenvalue weighted by Crippen LogP contribution is -2.62. The summed E-state index contributed by atoms with van der Waals surface area (Å²) in [4.78, 5) is 12.5. The Balaban J connectivity index is 1.64. The summed E-state index contributed by atoms with van der Waals surface area (Å²) in [5.41, 5.74) is 2.95. The molecule has 4 saturated carbocycles. The van der Waals surface area contributed by atoms with Crippen molar-refractivity contribution in [3.05, 3.63) is 23.3 Å². The minimum Gasteiger partial charge on any atom is -0.481 e. The molecule has 33 heavy (non-hydrogen) atoms. The molecular weight excluding hydrogens is 408 g/mol. The predicted octanol–water partition coefficient (Wildman–Crippen LogP) is 7.15. The summed E-state index contributed by atoms with van der Waals surface area (Å²) < 4.78 is 0. The van der Waals surface area contributed by atoms with Crippen LogP contribution in [0.5, 0.6) is 0 Å². The monoisotopic (exact) mass is 454 g/mol. The molecule has 5 aliphatic carbocycles. The standard InChI is InChI=1S/C30H46O3/c1-25(2)14-15-26(3)16-17-28(5)19(20(26)18-25)8-9-21-27(4)12-11-23(31)30(7,24(32)33)22(27)10-13-29(21,28)6/h8-9,20,22-23,31H,10-18H2,1-7H3,(H,32,33)/t20-,22+,23+,26+,27+,28+,29+,30+/m0/s1. The molecule has 0 radical (unpaired) electrons. The van der Waals surface area contributed by atoms with Gasteiger partial charge >= 0.3 is 5.97 Å². The van der Waals surface area contributed by atoms with Crippen LogP contribution in [0.25, 0.3) is 0 Å². The zero-order valence-electron chi connectivity index (χ0n) is 22.1. The van der Waals surface area contributed by atoms with Crippen LogP contribution in [0.4, 0.5) is 0 Å². The van der Waals surface area contributed by atoms with Gasteiger partial charge in [-0.3, -0.25) is 4.79 Å². The average Bonchev–Trinajstić information content (AvgIpc) is 2.72. The normalized spacial score (nSPS) is 52.9. The molecule has 3 nitrogen and oxygen atoms in total. The van der Waals surface area contributed by atoms with Crippen molar-refractivity contribution < 1.29 is 15.0 Å². The van der Waals surface area contributed by atoms with Crippen LogP contribution in [0.1, 0.15) is 106 Å². The molecule has 5 rings (SSSR count). The fraction of sp³-hybridized carbons (Fsp3) is 0.833. The molecule has 0 aromatic heterocycles. The predicted molar refractivity (Wildman–Crippen MR) is 133 cm³/mol. The molecule has 0 aliphatic heterocycles. The van der Waals surface area contributed by atoms with Crippen LogP contribution in [0.15, 0.2) is 23.3 Å². The Kier molecular flexibility index (Phi) is 4.85. The van der Waals surface area contributed by atoms with Gasteiger partial charge < -0.3 is 10.2 Å². The van der Waals surface area contributed by atoms with Crippen molar-refractivity contribution in [1.29, 1.82) is 0 Å². The lowest BCUT2D eigenvalue weighted by molar-refractivity contribution is -0.181. The fourth-order valence-corrected chi connectivity index (χ4v) is 9.80. The minimum atomic E-state index is -1.07. The van der Waals surface area contributed by atoms with E-state index in [2.05, 4.69) is 53.7 Å². The molecule has 0 spiro atoms. The summed E-state index contributed by atoms with van der Waals surface area (Å²) in [6.07, 6.45) is 14.0. The van der Waals surface area contributed by atoms with E-state index >= 15 is 0 Å². The Bertz CT molecular complexity index is 944. The fourth-order valence-electron chi connectivity index (χ4n) is 9.80. The number of fused-ring (bicyclic) bond motifs is 7. The maximum atomic E-state index is 12.5. The number of carbonyl (C=O) groups is 1. The molecular formula is C30H46O3. The van der Waals surface area contributed by atoms with Gasteiger partial charge in [0.25, 0.3) is 0 Å². The second kappa shape index (κ2) is 6.77. The summed E-state index contributed by atoms with van der Waals surface area (Å²) in [7, 11) is 0. The van der Waals surface area contributed by atoms with E-state index in [1.54, 1.807) is 5.57 Å². The third-order valence-electron chi connectivity index (χ3n) is 12.6. The van der Waals surface area contributed by atoms with Crippen LogP contribution in [0.3, 0.4) is 0 Å². The molecule has 8 atom stereocenters. The number of aliphatic carboxylic acids is 1. The number of rotatable bonds is 1. The largest absolute Gasteiger partial charge is 0.481 e. The number of carboxylic acids is 1. The highest BCUT2D eigenvalue weighted by Gasteiger charge is 2.67. The van der Waals surface area contributed by atoms with Crippen molar-refractivity contribution in [3.63, 3.8) is 0 Å². The highest BCUT2D eigenvalue weighted by atomic mass is 16.4. The van der Waals surface area contributed by atoms with E-state index in [1.807, 2.05) is 6.92 Å². The summed E-state index contributed by atoms with van der Waals surface area (Å²) >= 11 is 0. The summed E-state index contributed by atoms with van der Waals surface area (Å²) in [5.74, 6) is -0.199. The van der Waals surface area contributed by atoms with Gasteiger partial charge in [-0.2, -0.15) is 0 Å². The Morgan fingerprint density at radius 3 is 2.18 bits per heavy atom. The van der Waals surface area contributed by atoms with Crippen LogP contribution in [0, 0.1) is 44.3 Å². The first-order valence-corrected chi connectivity index (χ1v) is 13.5. The van der Waals surface area contributed by atoms with E-state index in [4.69, 9.17) is 0 Å². The van der Waals surface area contributed by atoms with Crippen molar-refractivity contribution in [2.75, 3.05) is 0 Å². The number of carboxylic acid groups (broad SMARTS) is 1. The number of hydrogen-bond donors (Lipinski definition) is 2. The lowest BCUT2D eigenvalue weighted by Gasteiger charge is -2.68. The quantitative estimate of drug-likeness (QED) is 0.442. The second-order valence-electron chi connectivity index (χ2n) is 14.6. The molecule has 0 heterocycles. The maximum absolute atomic E-state index is 12.5. The van der Waals surface area contributed by atoms with Gasteiger partial charge in [0.15, 0.2) is 0 Å². The van der Waals surface area contributed by atoms with Gasteiger partial charge in [-0.05, 0) is 104 Å². The van der Waals surface area contributed by atoms with Crippen molar-refractivity contribution in [2.24, 2.45) is 44.3 Å². The molecule has 184 valence electrons. The van der Waals surface area contributed by atoms with Crippen LogP contribution < -0.4 is 0 Å². The number of aliphatic hydroxyl groups excluding tert-OH is 1. The second-order valence-corrected chi connectivity index (χ2v) is 14.6. The number of allylic oxidation sites excluding steroid dienone is 4. The van der Waals surface area contributed by atoms with Crippen molar-refractivity contribution in [1.82, 2.24) is 0 Å². The SMILES string of the molecule is CC1(C)CC[C@]2(C)CC[C@]3(C)C(=CC=C4[C@@]5(C)CC[C@@H](O)[C@](C)(C(=O)O)[C@@H]5CC[C@]43C)[C@@H]2C1. The first-order valence-electron chi connectivity index (χ1n) is 13.5. The number of aliphatic hydroxyl groups is 1. The Labute approximate surface area is 201 Å². The molecule has 2 N–H and O–H groups in total. The zero-order chi connectivity index (χ0) is 24.2. The van der Waals surface area contributed by atoms with Gasteiger partial charge in [-0.25, -0.2) is 0 Å². The third kappa shape index (κ3) is 2.81. The number of hydrogen-bond acceptors (Lipinski definition) is 2. The molecule has 5 aliphatic rings. The smallest absolute Gasteiger partial charge is 0.312 e. The molecule has 0 aromatic carbocycles. The van der Waals surface area contributed by atoms with Crippen LogP contribution in [0.2, 0.25) is 0 Å². The molecule has 4 fully saturated rings. The summed E-state index contributed by atoms with van der Waals surface area (Å²) in [5, 5.41) is 21.1. The first kappa shape index (κ1) is 23.6. The van der Waals surface area contributed by atoms with E-state index in [-0.39, 0.29) is 22.2 Å². The van der Waals surface area contributed by atoms with Crippen LogP contribution in [-0.4, -0.2) is 22.3 Å². The Morgan fingerprint density at radius 1 is 0.848 bits per heavy atom. The Hall–Kier alpha value is -1.09. The van der Waals surface area contributed by atoms with Gasteiger partial charge in [0.2, 0.25) is 0 Å². The molecule has 0 saturated heterocycles. The molecule has 0 unspecified atom stereocenters. The van der Waals surface area contributed by atoms with E-state index in [1.165, 1.54) is 37.7 Å². The molecule has 3 heteroatoms. The average molecular weight is 455 g/mol. The zero-order valence-corrected chi connectivity index (χ0v) is 22.1. The van der Waals surface area contributed by atoms with Crippen molar-refractivity contribution in [3.8, 4) is 0 Å². The van der Waals surface area contributed by atoms with Crippen molar-refractivity contribution in [2.45, 2.75) is 112 Å². The topological polar surface area (TPSA) is 57.5 Å².